The molecule has 0 radical (unpaired) electrons. The minimum Gasteiger partial charge on any atom is -0.207 e. The van der Waals surface area contributed by atoms with E-state index in [9.17, 15) is 17.6 Å². The van der Waals surface area contributed by atoms with Crippen molar-refractivity contribution < 1.29 is 17.6 Å². The second-order valence-corrected chi connectivity index (χ2v) is 3.86. The van der Waals surface area contributed by atoms with Gasteiger partial charge < -0.3 is 0 Å². The Kier molecular flexibility index (Phi) is 8.29. The first-order chi connectivity index (χ1) is 9.38. The van der Waals surface area contributed by atoms with Crippen molar-refractivity contribution in [1.29, 1.82) is 0 Å². The van der Waals surface area contributed by atoms with Crippen molar-refractivity contribution in [3.63, 3.8) is 0 Å². The number of aryl methyl sites for hydroxylation is 2. The molecule has 0 unspecified atom stereocenters. The van der Waals surface area contributed by atoms with E-state index in [1.54, 1.807) is 13.8 Å². The molecule has 0 N–H and O–H groups in total. The van der Waals surface area contributed by atoms with Gasteiger partial charge >= 0.3 is 0 Å². The lowest BCUT2D eigenvalue weighted by atomic mass is 10.2. The van der Waals surface area contributed by atoms with Gasteiger partial charge in [0.1, 0.15) is 11.6 Å². The molecule has 0 fully saturated rings. The van der Waals surface area contributed by atoms with Crippen LogP contribution in [0, 0.1) is 37.1 Å². The van der Waals surface area contributed by atoms with E-state index in [-0.39, 0.29) is 0 Å². The van der Waals surface area contributed by atoms with Crippen LogP contribution in [0.3, 0.4) is 0 Å². The highest BCUT2D eigenvalue weighted by molar-refractivity contribution is 5.16. The average molecular weight is 286 g/mol. The van der Waals surface area contributed by atoms with Crippen LogP contribution in [0.25, 0.3) is 0 Å². The van der Waals surface area contributed by atoms with Gasteiger partial charge in [-0.1, -0.05) is 19.9 Å². The van der Waals surface area contributed by atoms with Crippen LogP contribution < -0.4 is 0 Å². The van der Waals surface area contributed by atoms with Crippen molar-refractivity contribution in [2.24, 2.45) is 0 Å². The zero-order chi connectivity index (χ0) is 15.7. The van der Waals surface area contributed by atoms with Crippen molar-refractivity contribution in [3.8, 4) is 0 Å². The summed E-state index contributed by atoms with van der Waals surface area (Å²) in [4.78, 5) is 0. The Balaban J connectivity index is 0.000000321. The van der Waals surface area contributed by atoms with Gasteiger partial charge in [-0.05, 0) is 49.2 Å². The van der Waals surface area contributed by atoms with Crippen LogP contribution in [0.15, 0.2) is 36.4 Å². The lowest BCUT2D eigenvalue weighted by Gasteiger charge is -1.91. The summed E-state index contributed by atoms with van der Waals surface area (Å²) in [6, 6.07) is 7.22. The molecule has 0 saturated heterocycles. The molecule has 0 aliphatic heterocycles. The van der Waals surface area contributed by atoms with Crippen LogP contribution in [0.1, 0.15) is 25.0 Å². The monoisotopic (exact) mass is 286 g/mol. The third-order valence-electron chi connectivity index (χ3n) is 2.08. The molecule has 2 rings (SSSR count). The molecular weight excluding hydrogens is 268 g/mol. The molecule has 0 saturated carbocycles. The van der Waals surface area contributed by atoms with E-state index in [0.29, 0.717) is 5.56 Å². The van der Waals surface area contributed by atoms with Gasteiger partial charge in [0.05, 0.1) is 0 Å². The number of benzene rings is 2. The van der Waals surface area contributed by atoms with Crippen molar-refractivity contribution in [3.05, 3.63) is 70.8 Å². The molecule has 2 aromatic rings. The van der Waals surface area contributed by atoms with Crippen LogP contribution in [0.5, 0.6) is 0 Å². The van der Waals surface area contributed by atoms with Gasteiger partial charge in [0, 0.05) is 6.07 Å². The van der Waals surface area contributed by atoms with Crippen molar-refractivity contribution in [2.45, 2.75) is 27.7 Å². The highest BCUT2D eigenvalue weighted by atomic mass is 19.2. The van der Waals surface area contributed by atoms with Crippen molar-refractivity contribution >= 4 is 0 Å². The summed E-state index contributed by atoms with van der Waals surface area (Å²) in [5, 5.41) is 0. The first kappa shape index (κ1) is 18.2. The predicted molar refractivity (Wildman–Crippen MR) is 73.5 cm³/mol. The van der Waals surface area contributed by atoms with Gasteiger partial charge in [0.15, 0.2) is 11.6 Å². The standard InChI is InChI=1S/2C7H6F2.C2H6/c1-5-2-6(8)4-7(9)3-5;1-5-2-3-6(8)7(9)4-5;1-2/h2*2-4H,1H3;1-2H3. The van der Waals surface area contributed by atoms with E-state index in [0.717, 1.165) is 23.8 Å². The van der Waals surface area contributed by atoms with E-state index in [2.05, 4.69) is 0 Å². The fraction of sp³-hybridized carbons (Fsp3) is 0.250. The SMILES string of the molecule is CC.Cc1cc(F)cc(F)c1.Cc1ccc(F)c(F)c1. The highest BCUT2D eigenvalue weighted by Crippen LogP contribution is 2.06. The third kappa shape index (κ3) is 6.92. The zero-order valence-electron chi connectivity index (χ0n) is 12.0. The average Bonchev–Trinajstić information content (AvgIpc) is 2.36. The molecule has 2 aromatic carbocycles. The van der Waals surface area contributed by atoms with Crippen LogP contribution in [-0.2, 0) is 0 Å². The minimum atomic E-state index is -0.791. The molecule has 0 aliphatic carbocycles. The smallest absolute Gasteiger partial charge is 0.159 e. The minimum absolute atomic E-state index is 0.521. The van der Waals surface area contributed by atoms with Gasteiger partial charge in [0.25, 0.3) is 0 Å². The second kappa shape index (κ2) is 9.13. The molecule has 0 amide bonds. The summed E-state index contributed by atoms with van der Waals surface area (Å²) in [6.45, 7) is 7.36. The van der Waals surface area contributed by atoms with E-state index in [4.69, 9.17) is 0 Å². The Bertz CT molecular complexity index is 486. The van der Waals surface area contributed by atoms with Gasteiger partial charge in [-0.3, -0.25) is 0 Å². The quantitative estimate of drug-likeness (QED) is 0.555. The topological polar surface area (TPSA) is 0 Å². The van der Waals surface area contributed by atoms with Crippen molar-refractivity contribution in [2.75, 3.05) is 0 Å². The molecule has 110 valence electrons. The van der Waals surface area contributed by atoms with Gasteiger partial charge in [0.2, 0.25) is 0 Å². The highest BCUT2D eigenvalue weighted by Gasteiger charge is 1.97. The molecule has 0 aliphatic rings. The Morgan fingerprint density at radius 3 is 1.45 bits per heavy atom. The molecule has 0 aromatic heterocycles. The molecule has 0 nitrogen and oxygen atoms in total. The first-order valence-corrected chi connectivity index (χ1v) is 6.23. The van der Waals surface area contributed by atoms with Crippen LogP contribution >= 0.6 is 0 Å². The maximum absolute atomic E-state index is 12.2. The van der Waals surface area contributed by atoms with E-state index >= 15 is 0 Å². The predicted octanol–water partition coefficient (Wildman–Crippen LogP) is 5.57. The summed E-state index contributed by atoms with van der Waals surface area (Å²) in [5.41, 5.74) is 1.33. The number of hydrogen-bond acceptors (Lipinski definition) is 0. The van der Waals surface area contributed by atoms with E-state index < -0.39 is 23.3 Å². The summed E-state index contributed by atoms with van der Waals surface area (Å²) in [6.07, 6.45) is 0. The molecule has 4 heteroatoms. The van der Waals surface area contributed by atoms with Gasteiger partial charge in [-0.25, -0.2) is 17.6 Å². The lowest BCUT2D eigenvalue weighted by Crippen LogP contribution is -1.82. The van der Waals surface area contributed by atoms with Crippen molar-refractivity contribution in [1.82, 2.24) is 0 Å². The Morgan fingerprint density at radius 2 is 1.10 bits per heavy atom. The second-order valence-electron chi connectivity index (χ2n) is 3.86. The number of rotatable bonds is 0. The van der Waals surface area contributed by atoms with Crippen LogP contribution in [0.2, 0.25) is 0 Å². The summed E-state index contributed by atoms with van der Waals surface area (Å²) in [5.74, 6) is -2.62. The molecule has 0 bridgehead atoms. The summed E-state index contributed by atoms with van der Waals surface area (Å²) in [7, 11) is 0. The molecular formula is C16H18F4. The fourth-order valence-electron chi connectivity index (χ4n) is 1.29. The normalized spacial score (nSPS) is 9.00. The zero-order valence-corrected chi connectivity index (χ0v) is 12.0. The lowest BCUT2D eigenvalue weighted by molar-refractivity contribution is 0.508. The van der Waals surface area contributed by atoms with E-state index in [1.807, 2.05) is 13.8 Å². The number of hydrogen-bond donors (Lipinski definition) is 0. The maximum atomic E-state index is 12.2. The Hall–Kier alpha value is -1.84. The van der Waals surface area contributed by atoms with E-state index in [1.165, 1.54) is 18.2 Å². The Labute approximate surface area is 117 Å². The molecule has 20 heavy (non-hydrogen) atoms. The summed E-state index contributed by atoms with van der Waals surface area (Å²) >= 11 is 0. The first-order valence-electron chi connectivity index (χ1n) is 6.23. The largest absolute Gasteiger partial charge is 0.207 e. The molecule has 0 atom stereocenters. The van der Waals surface area contributed by atoms with Gasteiger partial charge in [-0.15, -0.1) is 0 Å². The Morgan fingerprint density at radius 1 is 0.600 bits per heavy atom. The van der Waals surface area contributed by atoms with Crippen LogP contribution in [0.4, 0.5) is 17.6 Å². The maximum Gasteiger partial charge on any atom is 0.159 e. The molecule has 0 spiro atoms. The fourth-order valence-corrected chi connectivity index (χ4v) is 1.29. The summed E-state index contributed by atoms with van der Waals surface area (Å²) < 4.78 is 48.7. The third-order valence-corrected chi connectivity index (χ3v) is 2.08. The molecule has 0 heterocycles. The van der Waals surface area contributed by atoms with Gasteiger partial charge in [-0.2, -0.15) is 0 Å². The number of halogens is 4. The van der Waals surface area contributed by atoms with Crippen LogP contribution in [-0.4, -0.2) is 0 Å².